The van der Waals surface area contributed by atoms with E-state index in [1.54, 1.807) is 11.8 Å². The molecule has 18 heavy (non-hydrogen) atoms. The third kappa shape index (κ3) is 2.35. The van der Waals surface area contributed by atoms with Crippen LogP contribution < -0.4 is 0 Å². The second-order valence-electron chi connectivity index (χ2n) is 4.71. The van der Waals surface area contributed by atoms with Gasteiger partial charge in [0.2, 0.25) is 0 Å². The second-order valence-corrected chi connectivity index (χ2v) is 5.84. The fourth-order valence-corrected chi connectivity index (χ4v) is 3.94. The van der Waals surface area contributed by atoms with Gasteiger partial charge in [-0.3, -0.25) is 4.79 Å². The van der Waals surface area contributed by atoms with Crippen LogP contribution >= 0.6 is 11.8 Å². The van der Waals surface area contributed by atoms with Crippen LogP contribution in [0.15, 0.2) is 11.3 Å². The molecule has 0 N–H and O–H groups in total. The van der Waals surface area contributed by atoms with Gasteiger partial charge in [0.15, 0.2) is 0 Å². The largest absolute Gasteiger partial charge is 0.468 e. The highest BCUT2D eigenvalue weighted by molar-refractivity contribution is 8.00. The Labute approximate surface area is 112 Å². The van der Waals surface area contributed by atoms with Crippen LogP contribution in [0.25, 0.3) is 0 Å². The Bertz CT molecular complexity index is 408. The molecule has 98 valence electrons. The van der Waals surface area contributed by atoms with Crippen molar-refractivity contribution in [1.82, 2.24) is 4.90 Å². The van der Waals surface area contributed by atoms with Crippen molar-refractivity contribution in [2.24, 2.45) is 5.92 Å². The Hall–Kier alpha value is -1.15. The van der Waals surface area contributed by atoms with Crippen LogP contribution in [-0.4, -0.2) is 42.1 Å². The molecule has 0 aromatic rings. The molecule has 1 fully saturated rings. The zero-order valence-corrected chi connectivity index (χ0v) is 11.6. The Morgan fingerprint density at radius 3 is 2.72 bits per heavy atom. The van der Waals surface area contributed by atoms with Gasteiger partial charge >= 0.3 is 5.97 Å². The maximum Gasteiger partial charge on any atom is 0.319 e. The molecular weight excluding hydrogens is 248 g/mol. The monoisotopic (exact) mass is 266 g/mol. The minimum atomic E-state index is -0.240. The highest BCUT2D eigenvalue weighted by Crippen LogP contribution is 2.37. The summed E-state index contributed by atoms with van der Waals surface area (Å²) in [6, 6.07) is 2.31. The van der Waals surface area contributed by atoms with Crippen molar-refractivity contribution in [3.05, 3.63) is 11.3 Å². The van der Waals surface area contributed by atoms with Crippen molar-refractivity contribution in [2.45, 2.75) is 25.0 Å². The number of nitrogens with zero attached hydrogens (tertiary/aromatic N) is 2. The molecule has 0 unspecified atom stereocenters. The molecule has 0 aromatic carbocycles. The average Bonchev–Trinajstić information content (AvgIpc) is 2.91. The highest BCUT2D eigenvalue weighted by Gasteiger charge is 2.36. The van der Waals surface area contributed by atoms with E-state index in [9.17, 15) is 10.1 Å². The first-order valence-electron chi connectivity index (χ1n) is 6.26. The first-order chi connectivity index (χ1) is 8.69. The number of rotatable bonds is 2. The van der Waals surface area contributed by atoms with Crippen molar-refractivity contribution in [3.8, 4) is 6.07 Å². The Balaban J connectivity index is 2.24. The Kier molecular flexibility index (Phi) is 4.18. The summed E-state index contributed by atoms with van der Waals surface area (Å²) in [6.07, 6.45) is 2.39. The SMILES string of the molecule is COC(=O)[C@@H]1SCC(N2CCCC2)=C(C#N)[C@H]1C. The maximum absolute atomic E-state index is 11.7. The molecule has 2 heterocycles. The topological polar surface area (TPSA) is 53.3 Å². The Morgan fingerprint density at radius 2 is 2.17 bits per heavy atom. The standard InChI is InChI=1S/C13H18N2O2S/c1-9-10(7-14)11(15-5-3-4-6-15)8-18-12(9)13(16)17-2/h9,12H,3-6,8H2,1-2H3/t9-,12-/m1/s1. The summed E-state index contributed by atoms with van der Waals surface area (Å²) in [5.41, 5.74) is 1.90. The predicted octanol–water partition coefficient (Wildman–Crippen LogP) is 1.78. The highest BCUT2D eigenvalue weighted by atomic mass is 32.2. The molecule has 0 amide bonds. The molecule has 2 atom stereocenters. The van der Waals surface area contributed by atoms with Gasteiger partial charge in [-0.25, -0.2) is 0 Å². The number of likely N-dealkylation sites (tertiary alicyclic amines) is 1. The van der Waals surface area contributed by atoms with E-state index < -0.39 is 0 Å². The molecule has 1 saturated heterocycles. The molecule has 4 nitrogen and oxygen atoms in total. The molecule has 0 aromatic heterocycles. The van der Waals surface area contributed by atoms with E-state index in [4.69, 9.17) is 4.74 Å². The lowest BCUT2D eigenvalue weighted by Gasteiger charge is -2.32. The molecule has 0 radical (unpaired) electrons. The number of esters is 1. The summed E-state index contributed by atoms with van der Waals surface area (Å²) in [5.74, 6) is 0.463. The quantitative estimate of drug-likeness (QED) is 0.713. The van der Waals surface area contributed by atoms with E-state index >= 15 is 0 Å². The molecule has 2 aliphatic heterocycles. The van der Waals surface area contributed by atoms with Gasteiger partial charge < -0.3 is 9.64 Å². The molecule has 2 rings (SSSR count). The minimum Gasteiger partial charge on any atom is -0.468 e. The van der Waals surface area contributed by atoms with Gasteiger partial charge in [-0.05, 0) is 12.8 Å². The van der Waals surface area contributed by atoms with Crippen LogP contribution in [0.5, 0.6) is 0 Å². The van der Waals surface area contributed by atoms with E-state index in [-0.39, 0.29) is 17.1 Å². The molecule has 0 bridgehead atoms. The number of thioether (sulfide) groups is 1. The van der Waals surface area contributed by atoms with E-state index in [1.807, 2.05) is 6.92 Å². The number of ether oxygens (including phenoxy) is 1. The van der Waals surface area contributed by atoms with Crippen LogP contribution in [0.2, 0.25) is 0 Å². The van der Waals surface area contributed by atoms with Gasteiger partial charge in [0.25, 0.3) is 0 Å². The van der Waals surface area contributed by atoms with Gasteiger partial charge in [0.1, 0.15) is 5.25 Å². The van der Waals surface area contributed by atoms with Crippen molar-refractivity contribution in [3.63, 3.8) is 0 Å². The number of carbonyl (C=O) groups is 1. The summed E-state index contributed by atoms with van der Waals surface area (Å²) in [6.45, 7) is 4.02. The zero-order valence-electron chi connectivity index (χ0n) is 10.8. The van der Waals surface area contributed by atoms with Crippen LogP contribution in [0.4, 0.5) is 0 Å². The molecule has 0 saturated carbocycles. The number of hydrogen-bond donors (Lipinski definition) is 0. The van der Waals surface area contributed by atoms with Crippen molar-refractivity contribution < 1.29 is 9.53 Å². The summed E-state index contributed by atoms with van der Waals surface area (Å²) < 4.78 is 4.81. The summed E-state index contributed by atoms with van der Waals surface area (Å²) in [5, 5.41) is 9.13. The normalized spacial score (nSPS) is 28.2. The number of methoxy groups -OCH3 is 1. The van der Waals surface area contributed by atoms with Crippen molar-refractivity contribution in [1.29, 1.82) is 5.26 Å². The number of carbonyl (C=O) groups excluding carboxylic acids is 1. The smallest absolute Gasteiger partial charge is 0.319 e. The Morgan fingerprint density at radius 1 is 1.50 bits per heavy atom. The maximum atomic E-state index is 11.7. The summed E-state index contributed by atoms with van der Waals surface area (Å²) in [7, 11) is 1.40. The van der Waals surface area contributed by atoms with E-state index in [0.717, 1.165) is 30.1 Å². The minimum absolute atomic E-state index is 0.0585. The van der Waals surface area contributed by atoms with Gasteiger partial charge in [-0.15, -0.1) is 11.8 Å². The van der Waals surface area contributed by atoms with Crippen molar-refractivity contribution in [2.75, 3.05) is 26.0 Å². The average molecular weight is 266 g/mol. The lowest BCUT2D eigenvalue weighted by atomic mass is 9.95. The number of nitriles is 1. The van der Waals surface area contributed by atoms with Gasteiger partial charge in [0, 0.05) is 30.5 Å². The lowest BCUT2D eigenvalue weighted by Crippen LogP contribution is -2.35. The lowest BCUT2D eigenvalue weighted by molar-refractivity contribution is -0.140. The van der Waals surface area contributed by atoms with E-state index in [2.05, 4.69) is 11.0 Å². The molecule has 5 heteroatoms. The molecule has 2 aliphatic rings. The van der Waals surface area contributed by atoms with Gasteiger partial charge in [-0.2, -0.15) is 5.26 Å². The third-order valence-electron chi connectivity index (χ3n) is 3.66. The molecule has 0 aliphatic carbocycles. The molecular formula is C13H18N2O2S. The van der Waals surface area contributed by atoms with Gasteiger partial charge in [0.05, 0.1) is 18.8 Å². The summed E-state index contributed by atoms with van der Waals surface area (Å²) in [4.78, 5) is 14.0. The number of allylic oxidation sites excluding steroid dienone is 1. The van der Waals surface area contributed by atoms with E-state index in [0.29, 0.717) is 0 Å². The van der Waals surface area contributed by atoms with Crippen LogP contribution in [0, 0.1) is 17.2 Å². The van der Waals surface area contributed by atoms with Crippen molar-refractivity contribution >= 4 is 17.7 Å². The first kappa shape index (κ1) is 13.3. The second kappa shape index (κ2) is 5.66. The fraction of sp³-hybridized carbons (Fsp3) is 0.692. The van der Waals surface area contributed by atoms with Crippen LogP contribution in [0.3, 0.4) is 0 Å². The fourth-order valence-electron chi connectivity index (χ4n) is 2.61. The third-order valence-corrected chi connectivity index (χ3v) is 5.06. The van der Waals surface area contributed by atoms with E-state index in [1.165, 1.54) is 20.0 Å². The zero-order chi connectivity index (χ0) is 13.1. The number of hydrogen-bond acceptors (Lipinski definition) is 5. The van der Waals surface area contributed by atoms with Crippen LogP contribution in [0.1, 0.15) is 19.8 Å². The van der Waals surface area contributed by atoms with Crippen LogP contribution in [-0.2, 0) is 9.53 Å². The summed E-state index contributed by atoms with van der Waals surface area (Å²) >= 11 is 1.59. The first-order valence-corrected chi connectivity index (χ1v) is 7.31. The molecule has 0 spiro atoms. The predicted molar refractivity (Wildman–Crippen MR) is 70.9 cm³/mol. The van der Waals surface area contributed by atoms with Gasteiger partial charge in [-0.1, -0.05) is 6.92 Å².